The first-order valence-corrected chi connectivity index (χ1v) is 7.00. The van der Waals surface area contributed by atoms with Crippen molar-refractivity contribution in [3.05, 3.63) is 29.8 Å². The third-order valence-electron chi connectivity index (χ3n) is 2.71. The Labute approximate surface area is 125 Å². The first-order valence-electron chi connectivity index (χ1n) is 7.00. The Balaban J connectivity index is 2.92. The average molecular weight is 293 g/mol. The molecule has 0 aliphatic carbocycles. The molecule has 21 heavy (non-hydrogen) atoms. The van der Waals surface area contributed by atoms with Crippen LogP contribution in [0, 0.1) is 0 Å². The van der Waals surface area contributed by atoms with Crippen LogP contribution in [0.2, 0.25) is 0 Å². The van der Waals surface area contributed by atoms with E-state index in [1.807, 2.05) is 26.8 Å². The van der Waals surface area contributed by atoms with Crippen molar-refractivity contribution in [1.29, 1.82) is 0 Å². The number of ether oxygens (including phenoxy) is 1. The summed E-state index contributed by atoms with van der Waals surface area (Å²) in [5, 5.41) is 11.6. The summed E-state index contributed by atoms with van der Waals surface area (Å²) in [7, 11) is 0. The van der Waals surface area contributed by atoms with Crippen LogP contribution in [0.3, 0.4) is 0 Å². The Hall–Kier alpha value is -2.24. The zero-order valence-corrected chi connectivity index (χ0v) is 12.7. The Bertz CT molecular complexity index is 501. The minimum absolute atomic E-state index is 0.00591. The van der Waals surface area contributed by atoms with Crippen molar-refractivity contribution < 1.29 is 14.7 Å². The van der Waals surface area contributed by atoms with E-state index in [1.54, 1.807) is 23.1 Å². The highest BCUT2D eigenvalue weighted by atomic mass is 16.5. The Morgan fingerprint density at radius 2 is 2.19 bits per heavy atom. The molecule has 0 aliphatic rings. The molecule has 0 unspecified atom stereocenters. The predicted octanol–water partition coefficient (Wildman–Crippen LogP) is 2.07. The summed E-state index contributed by atoms with van der Waals surface area (Å²) in [4.78, 5) is 14.0. The van der Waals surface area contributed by atoms with E-state index in [0.717, 1.165) is 6.42 Å². The highest BCUT2D eigenvalue weighted by molar-refractivity contribution is 5.97. The van der Waals surface area contributed by atoms with E-state index in [9.17, 15) is 4.79 Å². The molecule has 0 bridgehead atoms. The number of carbonyl (C=O) groups is 1. The zero-order valence-electron chi connectivity index (χ0n) is 12.7. The molecule has 0 radical (unpaired) electrons. The summed E-state index contributed by atoms with van der Waals surface area (Å²) in [6.45, 7) is 6.44. The van der Waals surface area contributed by atoms with Crippen LogP contribution in [0.4, 0.5) is 0 Å². The van der Waals surface area contributed by atoms with Gasteiger partial charge in [0.2, 0.25) is 0 Å². The fraction of sp³-hybridized carbons (Fsp3) is 0.467. The number of rotatable bonds is 7. The summed E-state index contributed by atoms with van der Waals surface area (Å²) >= 11 is 0. The van der Waals surface area contributed by atoms with Gasteiger partial charge in [-0.1, -0.05) is 18.1 Å². The van der Waals surface area contributed by atoms with Gasteiger partial charge in [-0.2, -0.15) is 0 Å². The molecule has 6 heteroatoms. The molecule has 6 nitrogen and oxygen atoms in total. The van der Waals surface area contributed by atoms with Crippen LogP contribution in [0.15, 0.2) is 29.4 Å². The molecule has 1 aromatic rings. The minimum Gasteiger partial charge on any atom is -0.491 e. The van der Waals surface area contributed by atoms with Gasteiger partial charge in [-0.25, -0.2) is 0 Å². The molecule has 0 saturated carbocycles. The quantitative estimate of drug-likeness (QED) is 0.348. The molecule has 0 saturated heterocycles. The Morgan fingerprint density at radius 3 is 2.76 bits per heavy atom. The number of oxime groups is 1. The van der Waals surface area contributed by atoms with E-state index in [-0.39, 0.29) is 24.4 Å². The highest BCUT2D eigenvalue weighted by Crippen LogP contribution is 2.16. The van der Waals surface area contributed by atoms with Gasteiger partial charge in [0.05, 0.1) is 12.6 Å². The van der Waals surface area contributed by atoms with Gasteiger partial charge < -0.3 is 20.6 Å². The summed E-state index contributed by atoms with van der Waals surface area (Å²) in [5.41, 5.74) is 6.02. The molecule has 1 rings (SSSR count). The molecule has 0 atom stereocenters. The average Bonchev–Trinajstić information content (AvgIpc) is 2.45. The second kappa shape index (κ2) is 8.14. The number of carbonyl (C=O) groups excluding carboxylic acids is 1. The third-order valence-corrected chi connectivity index (χ3v) is 2.71. The molecule has 0 aliphatic heterocycles. The SMILES string of the molecule is CCCN(CC(N)=NO)C(=O)c1cccc(OC(C)C)c1. The lowest BCUT2D eigenvalue weighted by Crippen LogP contribution is -2.39. The van der Waals surface area contributed by atoms with Crippen LogP contribution in [0.1, 0.15) is 37.6 Å². The molecule has 0 aromatic heterocycles. The smallest absolute Gasteiger partial charge is 0.254 e. The van der Waals surface area contributed by atoms with Gasteiger partial charge in [0.25, 0.3) is 5.91 Å². The van der Waals surface area contributed by atoms with Gasteiger partial charge in [0.1, 0.15) is 5.75 Å². The number of benzene rings is 1. The monoisotopic (exact) mass is 293 g/mol. The maximum Gasteiger partial charge on any atom is 0.254 e. The molecule has 0 heterocycles. The van der Waals surface area contributed by atoms with Crippen molar-refractivity contribution in [2.45, 2.75) is 33.3 Å². The van der Waals surface area contributed by atoms with E-state index >= 15 is 0 Å². The summed E-state index contributed by atoms with van der Waals surface area (Å²) in [5.74, 6) is 0.486. The topological polar surface area (TPSA) is 88.1 Å². The van der Waals surface area contributed by atoms with E-state index < -0.39 is 0 Å². The number of amidine groups is 1. The lowest BCUT2D eigenvalue weighted by Gasteiger charge is -2.21. The predicted molar refractivity (Wildman–Crippen MR) is 81.8 cm³/mol. The van der Waals surface area contributed by atoms with Crippen LogP contribution in [-0.4, -0.2) is 41.0 Å². The summed E-state index contributed by atoms with van der Waals surface area (Å²) in [6, 6.07) is 7.02. The Kier molecular flexibility index (Phi) is 6.52. The molecule has 0 spiro atoms. The highest BCUT2D eigenvalue weighted by Gasteiger charge is 2.17. The van der Waals surface area contributed by atoms with Gasteiger partial charge in [-0.05, 0) is 38.5 Å². The molecular weight excluding hydrogens is 270 g/mol. The molecule has 116 valence electrons. The van der Waals surface area contributed by atoms with E-state index in [0.29, 0.717) is 17.9 Å². The summed E-state index contributed by atoms with van der Waals surface area (Å²) < 4.78 is 5.59. The van der Waals surface area contributed by atoms with Crippen molar-refractivity contribution in [2.24, 2.45) is 10.9 Å². The molecule has 1 amide bonds. The molecular formula is C15H23N3O3. The van der Waals surface area contributed by atoms with Crippen LogP contribution in [0.5, 0.6) is 5.75 Å². The lowest BCUT2D eigenvalue weighted by atomic mass is 10.1. The standard InChI is InChI=1S/C15H23N3O3/c1-4-8-18(10-14(16)17-20)15(19)12-6-5-7-13(9-12)21-11(2)3/h5-7,9,11,20H,4,8,10H2,1-3H3,(H2,16,17). The van der Waals surface area contributed by atoms with Crippen LogP contribution in [-0.2, 0) is 0 Å². The number of nitrogens with zero attached hydrogens (tertiary/aromatic N) is 2. The molecule has 3 N–H and O–H groups in total. The molecule has 1 aromatic carbocycles. The number of amides is 1. The number of hydrogen-bond donors (Lipinski definition) is 2. The van der Waals surface area contributed by atoms with E-state index in [1.165, 1.54) is 0 Å². The first kappa shape index (κ1) is 16.8. The van der Waals surface area contributed by atoms with Crippen molar-refractivity contribution in [3.63, 3.8) is 0 Å². The van der Waals surface area contributed by atoms with Gasteiger partial charge in [0, 0.05) is 12.1 Å². The second-order valence-electron chi connectivity index (χ2n) is 5.01. The number of hydrogen-bond acceptors (Lipinski definition) is 4. The van der Waals surface area contributed by atoms with Gasteiger partial charge in [-0.3, -0.25) is 4.79 Å². The van der Waals surface area contributed by atoms with Crippen molar-refractivity contribution in [3.8, 4) is 5.75 Å². The van der Waals surface area contributed by atoms with Crippen molar-refractivity contribution in [2.75, 3.05) is 13.1 Å². The fourth-order valence-electron chi connectivity index (χ4n) is 1.91. The van der Waals surface area contributed by atoms with Crippen LogP contribution in [0.25, 0.3) is 0 Å². The first-order chi connectivity index (χ1) is 9.97. The summed E-state index contributed by atoms with van der Waals surface area (Å²) in [6.07, 6.45) is 0.825. The van der Waals surface area contributed by atoms with Gasteiger partial charge in [0.15, 0.2) is 5.84 Å². The maximum atomic E-state index is 12.5. The van der Waals surface area contributed by atoms with Crippen molar-refractivity contribution in [1.82, 2.24) is 4.90 Å². The third kappa shape index (κ3) is 5.33. The largest absolute Gasteiger partial charge is 0.491 e. The second-order valence-corrected chi connectivity index (χ2v) is 5.01. The van der Waals surface area contributed by atoms with Crippen LogP contribution < -0.4 is 10.5 Å². The zero-order chi connectivity index (χ0) is 15.8. The van der Waals surface area contributed by atoms with E-state index in [2.05, 4.69) is 5.16 Å². The fourth-order valence-corrected chi connectivity index (χ4v) is 1.91. The van der Waals surface area contributed by atoms with Gasteiger partial charge >= 0.3 is 0 Å². The van der Waals surface area contributed by atoms with Gasteiger partial charge in [-0.15, -0.1) is 0 Å². The minimum atomic E-state index is -0.169. The van der Waals surface area contributed by atoms with Crippen molar-refractivity contribution >= 4 is 11.7 Å². The normalized spacial score (nSPS) is 11.5. The molecule has 0 fully saturated rings. The maximum absolute atomic E-state index is 12.5. The number of nitrogens with two attached hydrogens (primary N) is 1. The van der Waals surface area contributed by atoms with Crippen LogP contribution >= 0.6 is 0 Å². The lowest BCUT2D eigenvalue weighted by molar-refractivity contribution is 0.0777. The van der Waals surface area contributed by atoms with E-state index in [4.69, 9.17) is 15.7 Å². The Morgan fingerprint density at radius 1 is 1.48 bits per heavy atom.